The Bertz CT molecular complexity index is 1140. The molecule has 4 nitrogen and oxygen atoms in total. The fourth-order valence-electron chi connectivity index (χ4n) is 3.63. The number of rotatable bonds is 10. The molecule has 7 heteroatoms. The Morgan fingerprint density at radius 1 is 0.914 bits per heavy atom. The first-order valence-electron chi connectivity index (χ1n) is 11.5. The number of carbonyl (C=O) groups excluding carboxylic acids is 2. The Hall–Kier alpha value is -2.47. The zero-order valence-electron chi connectivity index (χ0n) is 20.1. The first-order chi connectivity index (χ1) is 16.7. The molecule has 3 rings (SSSR count). The molecule has 1 atom stereocenters. The van der Waals surface area contributed by atoms with Gasteiger partial charge in [0.2, 0.25) is 11.8 Å². The molecular weight excluding hydrogens is 499 g/mol. The number of amides is 2. The number of hydrogen-bond acceptors (Lipinski definition) is 3. The average Bonchev–Trinajstić information content (AvgIpc) is 2.83. The van der Waals surface area contributed by atoms with Crippen LogP contribution in [0.15, 0.2) is 77.7 Å². The van der Waals surface area contributed by atoms with E-state index in [0.29, 0.717) is 16.5 Å². The Morgan fingerprint density at radius 2 is 1.60 bits per heavy atom. The van der Waals surface area contributed by atoms with E-state index in [1.54, 1.807) is 17.0 Å². The van der Waals surface area contributed by atoms with Crippen molar-refractivity contribution in [3.63, 3.8) is 0 Å². The molecule has 0 aromatic heterocycles. The van der Waals surface area contributed by atoms with Crippen molar-refractivity contribution in [2.45, 2.75) is 50.7 Å². The van der Waals surface area contributed by atoms with Gasteiger partial charge in [-0.1, -0.05) is 77.3 Å². The second kappa shape index (κ2) is 13.0. The van der Waals surface area contributed by atoms with Crippen LogP contribution in [0.5, 0.6) is 0 Å². The SMILES string of the molecule is Cc1ccc(SCC(=O)N(Cc2ccc(Cl)c(Cl)c2)C(Cc2ccccc2)C(=O)NC(C)C)cc1. The van der Waals surface area contributed by atoms with Crippen LogP contribution in [0.1, 0.15) is 30.5 Å². The molecule has 1 N–H and O–H groups in total. The highest BCUT2D eigenvalue weighted by atomic mass is 35.5. The molecule has 0 aliphatic carbocycles. The van der Waals surface area contributed by atoms with E-state index < -0.39 is 6.04 Å². The maximum absolute atomic E-state index is 13.6. The average molecular weight is 530 g/mol. The second-order valence-corrected chi connectivity index (χ2v) is 10.6. The van der Waals surface area contributed by atoms with Crippen LogP contribution in [0.3, 0.4) is 0 Å². The van der Waals surface area contributed by atoms with Gasteiger partial charge in [0.25, 0.3) is 0 Å². The number of aryl methyl sites for hydroxylation is 1. The van der Waals surface area contributed by atoms with Crippen LogP contribution in [-0.4, -0.2) is 34.6 Å². The molecule has 3 aromatic rings. The normalized spacial score (nSPS) is 11.8. The van der Waals surface area contributed by atoms with Gasteiger partial charge in [-0.05, 0) is 56.2 Å². The first-order valence-corrected chi connectivity index (χ1v) is 13.2. The lowest BCUT2D eigenvalue weighted by molar-refractivity contribution is -0.139. The Labute approximate surface area is 222 Å². The number of benzene rings is 3. The lowest BCUT2D eigenvalue weighted by Gasteiger charge is -2.32. The minimum Gasteiger partial charge on any atom is -0.352 e. The summed E-state index contributed by atoms with van der Waals surface area (Å²) in [5.74, 6) is -0.0935. The molecule has 2 amide bonds. The summed E-state index contributed by atoms with van der Waals surface area (Å²) in [6.45, 7) is 6.10. The largest absolute Gasteiger partial charge is 0.352 e. The molecular formula is C28H30Cl2N2O2S. The van der Waals surface area contributed by atoms with E-state index in [2.05, 4.69) is 5.32 Å². The number of halogens is 2. The van der Waals surface area contributed by atoms with E-state index in [4.69, 9.17) is 23.2 Å². The van der Waals surface area contributed by atoms with Crippen molar-refractivity contribution in [3.8, 4) is 0 Å². The maximum atomic E-state index is 13.6. The summed E-state index contributed by atoms with van der Waals surface area (Å²) in [5, 5.41) is 3.86. The third-order valence-electron chi connectivity index (χ3n) is 5.42. The lowest BCUT2D eigenvalue weighted by atomic mass is 10.0. The minimum atomic E-state index is -0.680. The highest BCUT2D eigenvalue weighted by molar-refractivity contribution is 8.00. The zero-order chi connectivity index (χ0) is 25.4. The van der Waals surface area contributed by atoms with Gasteiger partial charge in [0, 0.05) is 23.9 Å². The van der Waals surface area contributed by atoms with Gasteiger partial charge >= 0.3 is 0 Å². The molecule has 0 saturated carbocycles. The fourth-order valence-corrected chi connectivity index (χ4v) is 4.74. The van der Waals surface area contributed by atoms with E-state index in [1.165, 1.54) is 11.8 Å². The van der Waals surface area contributed by atoms with Gasteiger partial charge in [0.1, 0.15) is 6.04 Å². The highest BCUT2D eigenvalue weighted by Gasteiger charge is 2.30. The smallest absolute Gasteiger partial charge is 0.243 e. The number of carbonyl (C=O) groups is 2. The van der Waals surface area contributed by atoms with Crippen molar-refractivity contribution in [2.75, 3.05) is 5.75 Å². The Morgan fingerprint density at radius 3 is 2.23 bits per heavy atom. The summed E-state index contributed by atoms with van der Waals surface area (Å²) < 4.78 is 0. The summed E-state index contributed by atoms with van der Waals surface area (Å²) in [6, 6.07) is 22.4. The van der Waals surface area contributed by atoms with Gasteiger partial charge in [0.15, 0.2) is 0 Å². The van der Waals surface area contributed by atoms with Crippen molar-refractivity contribution in [3.05, 3.63) is 99.5 Å². The van der Waals surface area contributed by atoms with E-state index in [0.717, 1.165) is 21.6 Å². The van der Waals surface area contributed by atoms with Crippen LogP contribution < -0.4 is 5.32 Å². The zero-order valence-corrected chi connectivity index (χ0v) is 22.5. The number of thioether (sulfide) groups is 1. The second-order valence-electron chi connectivity index (χ2n) is 8.74. The van der Waals surface area contributed by atoms with Gasteiger partial charge in [-0.15, -0.1) is 11.8 Å². The molecule has 1 unspecified atom stereocenters. The predicted molar refractivity (Wildman–Crippen MR) is 146 cm³/mol. The monoisotopic (exact) mass is 528 g/mol. The third-order valence-corrected chi connectivity index (χ3v) is 7.16. The van der Waals surface area contributed by atoms with Crippen molar-refractivity contribution in [2.24, 2.45) is 0 Å². The molecule has 0 radical (unpaired) electrons. The number of nitrogens with zero attached hydrogens (tertiary/aromatic N) is 1. The molecule has 0 saturated heterocycles. The van der Waals surface area contributed by atoms with Crippen molar-refractivity contribution >= 4 is 46.8 Å². The fraction of sp³-hybridized carbons (Fsp3) is 0.286. The Balaban J connectivity index is 1.92. The van der Waals surface area contributed by atoms with Crippen LogP contribution in [0, 0.1) is 6.92 Å². The molecule has 0 bridgehead atoms. The van der Waals surface area contributed by atoms with E-state index in [9.17, 15) is 9.59 Å². The topological polar surface area (TPSA) is 49.4 Å². The lowest BCUT2D eigenvalue weighted by Crippen LogP contribution is -2.52. The van der Waals surface area contributed by atoms with Crippen LogP contribution in [-0.2, 0) is 22.6 Å². The van der Waals surface area contributed by atoms with Gasteiger partial charge in [-0.3, -0.25) is 9.59 Å². The summed E-state index contributed by atoms with van der Waals surface area (Å²) >= 11 is 13.8. The number of nitrogens with one attached hydrogen (secondary N) is 1. The van der Waals surface area contributed by atoms with Crippen molar-refractivity contribution in [1.29, 1.82) is 0 Å². The first kappa shape index (κ1) is 27.1. The van der Waals surface area contributed by atoms with E-state index in [1.807, 2.05) is 81.4 Å². The van der Waals surface area contributed by atoms with Crippen molar-refractivity contribution < 1.29 is 9.59 Å². The van der Waals surface area contributed by atoms with E-state index >= 15 is 0 Å². The van der Waals surface area contributed by atoms with Crippen LogP contribution in [0.4, 0.5) is 0 Å². The molecule has 0 fully saturated rings. The Kier molecular flexibility index (Phi) is 10.1. The van der Waals surface area contributed by atoms with Gasteiger partial charge in [0.05, 0.1) is 15.8 Å². The third kappa shape index (κ3) is 8.31. The predicted octanol–water partition coefficient (Wildman–Crippen LogP) is 6.56. The number of hydrogen-bond donors (Lipinski definition) is 1. The highest BCUT2D eigenvalue weighted by Crippen LogP contribution is 2.25. The van der Waals surface area contributed by atoms with Crippen LogP contribution >= 0.6 is 35.0 Å². The van der Waals surface area contributed by atoms with Crippen LogP contribution in [0.25, 0.3) is 0 Å². The standard InChI is InChI=1S/C28H30Cl2N2O2S/c1-19(2)31-28(34)26(16-21-7-5-4-6-8-21)32(17-22-11-14-24(29)25(30)15-22)27(33)18-35-23-12-9-20(3)10-13-23/h4-15,19,26H,16-18H2,1-3H3,(H,31,34). The summed E-state index contributed by atoms with van der Waals surface area (Å²) in [5.41, 5.74) is 2.95. The molecule has 3 aromatic carbocycles. The molecule has 0 aliphatic heterocycles. The summed E-state index contributed by atoms with van der Waals surface area (Å²) in [4.78, 5) is 29.7. The molecule has 0 aliphatic rings. The summed E-state index contributed by atoms with van der Waals surface area (Å²) in [7, 11) is 0. The quantitative estimate of drug-likeness (QED) is 0.303. The maximum Gasteiger partial charge on any atom is 0.243 e. The summed E-state index contributed by atoms with van der Waals surface area (Å²) in [6.07, 6.45) is 0.404. The molecule has 35 heavy (non-hydrogen) atoms. The molecule has 0 heterocycles. The minimum absolute atomic E-state index is 0.0513. The molecule has 0 spiro atoms. The van der Waals surface area contributed by atoms with Gasteiger partial charge < -0.3 is 10.2 Å². The van der Waals surface area contributed by atoms with Gasteiger partial charge in [-0.25, -0.2) is 0 Å². The van der Waals surface area contributed by atoms with Crippen molar-refractivity contribution in [1.82, 2.24) is 10.2 Å². The van der Waals surface area contributed by atoms with Gasteiger partial charge in [-0.2, -0.15) is 0 Å². The van der Waals surface area contributed by atoms with Crippen LogP contribution in [0.2, 0.25) is 10.0 Å². The molecule has 184 valence electrons. The van der Waals surface area contributed by atoms with E-state index in [-0.39, 0.29) is 30.2 Å².